The van der Waals surface area contributed by atoms with Gasteiger partial charge in [0.05, 0.1) is 0 Å². The summed E-state index contributed by atoms with van der Waals surface area (Å²) in [5, 5.41) is 0.244. The van der Waals surface area contributed by atoms with E-state index in [1.54, 1.807) is 18.3 Å². The average molecular weight is 165 g/mol. The summed E-state index contributed by atoms with van der Waals surface area (Å²) >= 11 is 5.65. The van der Waals surface area contributed by atoms with Crippen LogP contribution in [0.4, 0.5) is 0 Å². The van der Waals surface area contributed by atoms with Crippen LogP contribution in [0.15, 0.2) is 29.4 Å². The molecule has 0 aliphatic heterocycles. The van der Waals surface area contributed by atoms with Crippen LogP contribution < -0.4 is 0 Å². The van der Waals surface area contributed by atoms with Crippen molar-refractivity contribution in [2.75, 3.05) is 0 Å². The lowest BCUT2D eigenvalue weighted by Gasteiger charge is -1.91. The summed E-state index contributed by atoms with van der Waals surface area (Å²) in [5.74, 6) is 0. The predicted octanol–water partition coefficient (Wildman–Crippen LogP) is 1.66. The highest BCUT2D eigenvalue weighted by Gasteiger charge is 1.96. The molecule has 0 atom stereocenters. The van der Waals surface area contributed by atoms with Crippen LogP contribution in [0.1, 0.15) is 5.69 Å². The molecule has 11 heavy (non-hydrogen) atoms. The van der Waals surface area contributed by atoms with Crippen molar-refractivity contribution in [1.82, 2.24) is 4.98 Å². The first-order valence-electron chi connectivity index (χ1n) is 2.95. The standard InChI is InChI=1S/C8H5ClN2/c1-2-10-8(9)7-5-3-4-6-11-7/h1,3-6H/b10-8-. The molecule has 0 aliphatic rings. The summed E-state index contributed by atoms with van der Waals surface area (Å²) in [4.78, 5) is 7.48. The highest BCUT2D eigenvalue weighted by molar-refractivity contribution is 6.69. The molecule has 1 rings (SSSR count). The number of aromatic nitrogens is 1. The maximum Gasteiger partial charge on any atom is 0.165 e. The lowest BCUT2D eigenvalue weighted by molar-refractivity contribution is 1.30. The van der Waals surface area contributed by atoms with Crippen LogP contribution in [0.5, 0.6) is 0 Å². The van der Waals surface area contributed by atoms with Gasteiger partial charge in [-0.25, -0.2) is 0 Å². The highest BCUT2D eigenvalue weighted by Crippen LogP contribution is 1.99. The van der Waals surface area contributed by atoms with Gasteiger partial charge in [-0.05, 0) is 12.1 Å². The Kier molecular flexibility index (Phi) is 2.65. The van der Waals surface area contributed by atoms with E-state index in [9.17, 15) is 0 Å². The zero-order chi connectivity index (χ0) is 8.10. The minimum Gasteiger partial charge on any atom is -0.254 e. The molecule has 1 aromatic heterocycles. The first-order chi connectivity index (χ1) is 5.34. The average Bonchev–Trinajstić information content (AvgIpc) is 2.07. The van der Waals surface area contributed by atoms with Crippen LogP contribution in [0, 0.1) is 12.5 Å². The zero-order valence-electron chi connectivity index (χ0n) is 5.66. The summed E-state index contributed by atoms with van der Waals surface area (Å²) in [7, 11) is 0. The Bertz CT molecular complexity index is 298. The van der Waals surface area contributed by atoms with Crippen molar-refractivity contribution in [3.8, 4) is 12.5 Å². The molecular weight excluding hydrogens is 160 g/mol. The van der Waals surface area contributed by atoms with Crippen molar-refractivity contribution < 1.29 is 0 Å². The molecule has 0 saturated heterocycles. The Balaban J connectivity index is 2.96. The SMILES string of the molecule is C#C/N=C(\Cl)c1ccccn1. The predicted molar refractivity (Wildman–Crippen MR) is 45.5 cm³/mol. The van der Waals surface area contributed by atoms with Crippen LogP contribution in [0.25, 0.3) is 0 Å². The fraction of sp³-hybridized carbons (Fsp3) is 0. The quantitative estimate of drug-likeness (QED) is 0.458. The van der Waals surface area contributed by atoms with Crippen LogP contribution in [-0.4, -0.2) is 10.2 Å². The maximum absolute atomic E-state index is 5.65. The molecule has 0 aromatic carbocycles. The smallest absolute Gasteiger partial charge is 0.165 e. The Morgan fingerprint density at radius 1 is 1.64 bits per heavy atom. The summed E-state index contributed by atoms with van der Waals surface area (Å²) < 4.78 is 0. The van der Waals surface area contributed by atoms with Crippen LogP contribution in [-0.2, 0) is 0 Å². The highest BCUT2D eigenvalue weighted by atomic mass is 35.5. The number of hydrogen-bond acceptors (Lipinski definition) is 2. The number of halogens is 1. The minimum absolute atomic E-state index is 0.244. The number of terminal acetylenes is 1. The van der Waals surface area contributed by atoms with Gasteiger partial charge in [-0.2, -0.15) is 4.99 Å². The number of nitrogens with zero attached hydrogens (tertiary/aromatic N) is 2. The van der Waals surface area contributed by atoms with E-state index in [0.717, 1.165) is 0 Å². The van der Waals surface area contributed by atoms with Crippen molar-refractivity contribution in [2.24, 2.45) is 4.99 Å². The van der Waals surface area contributed by atoms with E-state index in [0.29, 0.717) is 5.69 Å². The third-order valence-electron chi connectivity index (χ3n) is 1.04. The lowest BCUT2D eigenvalue weighted by atomic mass is 10.4. The molecule has 1 aromatic rings. The van der Waals surface area contributed by atoms with Crippen LogP contribution in [0.2, 0.25) is 0 Å². The Labute approximate surface area is 69.9 Å². The molecule has 0 saturated carbocycles. The second kappa shape index (κ2) is 3.75. The molecule has 3 heteroatoms. The first-order valence-corrected chi connectivity index (χ1v) is 3.32. The maximum atomic E-state index is 5.65. The Morgan fingerprint density at radius 3 is 3.00 bits per heavy atom. The molecule has 2 nitrogen and oxygen atoms in total. The minimum atomic E-state index is 0.244. The monoisotopic (exact) mass is 164 g/mol. The van der Waals surface area contributed by atoms with Gasteiger partial charge in [0.15, 0.2) is 5.17 Å². The number of rotatable bonds is 1. The number of aliphatic imine (C=N–C) groups is 1. The summed E-state index contributed by atoms with van der Waals surface area (Å²) in [6.07, 6.45) is 6.55. The van der Waals surface area contributed by atoms with Gasteiger partial charge in [0.1, 0.15) is 5.69 Å². The molecule has 0 aliphatic carbocycles. The number of pyridine rings is 1. The Morgan fingerprint density at radius 2 is 2.45 bits per heavy atom. The molecule has 1 heterocycles. The van der Waals surface area contributed by atoms with Gasteiger partial charge in [-0.1, -0.05) is 24.1 Å². The van der Waals surface area contributed by atoms with Gasteiger partial charge in [-0.15, -0.1) is 0 Å². The van der Waals surface area contributed by atoms with Gasteiger partial charge in [0.2, 0.25) is 0 Å². The molecule has 0 radical (unpaired) electrons. The molecule has 0 N–H and O–H groups in total. The Hall–Kier alpha value is -1.33. The van der Waals surface area contributed by atoms with Crippen molar-refractivity contribution >= 4 is 16.8 Å². The second-order valence-corrected chi connectivity index (χ2v) is 2.10. The molecule has 0 fully saturated rings. The fourth-order valence-electron chi connectivity index (χ4n) is 0.599. The third kappa shape index (κ3) is 2.06. The summed E-state index contributed by atoms with van der Waals surface area (Å²) in [6.45, 7) is 0. The van der Waals surface area contributed by atoms with E-state index >= 15 is 0 Å². The summed E-state index contributed by atoms with van der Waals surface area (Å²) in [6, 6.07) is 7.43. The van der Waals surface area contributed by atoms with Gasteiger partial charge >= 0.3 is 0 Å². The molecule has 0 bridgehead atoms. The molecule has 0 unspecified atom stereocenters. The molecule has 54 valence electrons. The third-order valence-corrected chi connectivity index (χ3v) is 1.32. The summed E-state index contributed by atoms with van der Waals surface area (Å²) in [5.41, 5.74) is 0.590. The second-order valence-electron chi connectivity index (χ2n) is 1.75. The van der Waals surface area contributed by atoms with Crippen molar-refractivity contribution in [1.29, 1.82) is 0 Å². The molecule has 0 spiro atoms. The van der Waals surface area contributed by atoms with Crippen molar-refractivity contribution in [2.45, 2.75) is 0 Å². The van der Waals surface area contributed by atoms with E-state index in [4.69, 9.17) is 18.0 Å². The van der Waals surface area contributed by atoms with E-state index in [-0.39, 0.29) is 5.17 Å². The van der Waals surface area contributed by atoms with Gasteiger partial charge in [0.25, 0.3) is 0 Å². The van der Waals surface area contributed by atoms with Crippen molar-refractivity contribution in [3.63, 3.8) is 0 Å². The van der Waals surface area contributed by atoms with Gasteiger partial charge in [-0.3, -0.25) is 4.98 Å². The number of hydrogen-bond donors (Lipinski definition) is 0. The zero-order valence-corrected chi connectivity index (χ0v) is 6.42. The molecular formula is C8H5ClN2. The van der Waals surface area contributed by atoms with Gasteiger partial charge in [0, 0.05) is 12.2 Å². The van der Waals surface area contributed by atoms with Gasteiger partial charge < -0.3 is 0 Å². The normalized spacial score (nSPS) is 10.7. The topological polar surface area (TPSA) is 25.2 Å². The first kappa shape index (κ1) is 7.77. The lowest BCUT2D eigenvalue weighted by Crippen LogP contribution is -1.92. The van der Waals surface area contributed by atoms with E-state index in [1.807, 2.05) is 6.07 Å². The van der Waals surface area contributed by atoms with Crippen LogP contribution >= 0.6 is 11.6 Å². The van der Waals surface area contributed by atoms with E-state index in [2.05, 4.69) is 16.0 Å². The van der Waals surface area contributed by atoms with E-state index in [1.165, 1.54) is 0 Å². The molecule has 0 amide bonds. The van der Waals surface area contributed by atoms with E-state index < -0.39 is 0 Å². The van der Waals surface area contributed by atoms with Crippen LogP contribution in [0.3, 0.4) is 0 Å². The van der Waals surface area contributed by atoms with Crippen molar-refractivity contribution in [3.05, 3.63) is 30.1 Å². The largest absolute Gasteiger partial charge is 0.254 e. The fourth-order valence-corrected chi connectivity index (χ4v) is 0.759.